The van der Waals surface area contributed by atoms with E-state index in [2.05, 4.69) is 22.0 Å². The summed E-state index contributed by atoms with van der Waals surface area (Å²) in [5, 5.41) is 11.1. The summed E-state index contributed by atoms with van der Waals surface area (Å²) in [7, 11) is 0. The third-order valence-electron chi connectivity index (χ3n) is 7.06. The molecule has 186 valence electrons. The van der Waals surface area contributed by atoms with Crippen molar-refractivity contribution in [3.05, 3.63) is 70.4 Å². The molecule has 1 aromatic carbocycles. The Kier molecular flexibility index (Phi) is 8.01. The highest BCUT2D eigenvalue weighted by atomic mass is 16.3. The van der Waals surface area contributed by atoms with Gasteiger partial charge in [-0.3, -0.25) is 19.1 Å². The third-order valence-corrected chi connectivity index (χ3v) is 7.06. The van der Waals surface area contributed by atoms with Crippen molar-refractivity contribution < 1.29 is 9.90 Å². The van der Waals surface area contributed by atoms with Gasteiger partial charge in [-0.1, -0.05) is 31.2 Å². The standard InChI is InChI=1S/C27H35N5O3/c1-21(22-6-3-2-4-7-22)16-25(33)31-14-10-27(35,11-15-31)19-32-20-29-24(17-26(32)34)8-5-12-30-13-9-23(28)18-30/h2-3,5-6,8,17,20-21,23,35H,9-16,18-19,28H2,1H3/b8-5+/t21-,23-/m1/s1. The summed E-state index contributed by atoms with van der Waals surface area (Å²) in [6.07, 6.45) is 7.60. The first kappa shape index (κ1) is 25.1. The Bertz CT molecular complexity index is 1080. The Labute approximate surface area is 207 Å². The molecule has 2 saturated heterocycles. The molecule has 0 radical (unpaired) electrons. The molecule has 2 aliphatic rings. The summed E-state index contributed by atoms with van der Waals surface area (Å²) in [4.78, 5) is 33.8. The van der Waals surface area contributed by atoms with E-state index < -0.39 is 5.60 Å². The normalized spacial score (nSPS) is 21.2. The molecule has 0 aliphatic carbocycles. The summed E-state index contributed by atoms with van der Waals surface area (Å²) >= 11 is 0. The van der Waals surface area contributed by atoms with Gasteiger partial charge >= 0.3 is 0 Å². The van der Waals surface area contributed by atoms with Crippen molar-refractivity contribution in [3.8, 4) is 0 Å². The molecule has 2 atom stereocenters. The van der Waals surface area contributed by atoms with E-state index in [1.54, 1.807) is 11.0 Å². The average Bonchev–Trinajstić information content (AvgIpc) is 3.26. The van der Waals surface area contributed by atoms with Gasteiger partial charge in [-0.15, -0.1) is 0 Å². The molecular weight excluding hydrogens is 442 g/mol. The second-order valence-electron chi connectivity index (χ2n) is 9.95. The first-order valence-corrected chi connectivity index (χ1v) is 12.4. The van der Waals surface area contributed by atoms with E-state index in [1.165, 1.54) is 17.0 Å². The number of nitrogens with two attached hydrogens (primary N) is 1. The molecule has 35 heavy (non-hydrogen) atoms. The summed E-state index contributed by atoms with van der Waals surface area (Å²) in [5.74, 6) is 0.133. The third kappa shape index (κ3) is 6.79. The molecule has 2 aliphatic heterocycles. The highest BCUT2D eigenvalue weighted by Gasteiger charge is 2.34. The molecule has 0 unspecified atom stereocenters. The van der Waals surface area contributed by atoms with Crippen LogP contribution in [0.15, 0.2) is 41.5 Å². The van der Waals surface area contributed by atoms with E-state index in [0.29, 0.717) is 38.0 Å². The summed E-state index contributed by atoms with van der Waals surface area (Å²) in [6, 6.07) is 13.4. The fraction of sp³-hybridized carbons (Fsp3) is 0.519. The fourth-order valence-electron chi connectivity index (χ4n) is 4.80. The van der Waals surface area contributed by atoms with Crippen LogP contribution in [0.4, 0.5) is 0 Å². The van der Waals surface area contributed by atoms with E-state index in [0.717, 1.165) is 31.6 Å². The van der Waals surface area contributed by atoms with Crippen molar-refractivity contribution >= 4 is 12.0 Å². The van der Waals surface area contributed by atoms with Gasteiger partial charge in [0.05, 0.1) is 24.2 Å². The van der Waals surface area contributed by atoms with Gasteiger partial charge in [-0.05, 0) is 43.4 Å². The van der Waals surface area contributed by atoms with Crippen molar-refractivity contribution in [1.29, 1.82) is 0 Å². The van der Waals surface area contributed by atoms with Gasteiger partial charge in [0.15, 0.2) is 0 Å². The van der Waals surface area contributed by atoms with Crippen LogP contribution in [0, 0.1) is 12.1 Å². The van der Waals surface area contributed by atoms with Gasteiger partial charge in [-0.25, -0.2) is 4.98 Å². The number of carbonyl (C=O) groups is 1. The van der Waals surface area contributed by atoms with E-state index >= 15 is 0 Å². The first-order valence-electron chi connectivity index (χ1n) is 12.4. The van der Waals surface area contributed by atoms with Crippen LogP contribution in [-0.2, 0) is 11.3 Å². The average molecular weight is 478 g/mol. The van der Waals surface area contributed by atoms with Crippen LogP contribution >= 0.6 is 0 Å². The minimum Gasteiger partial charge on any atom is -0.388 e. The monoisotopic (exact) mass is 477 g/mol. The lowest BCUT2D eigenvalue weighted by molar-refractivity contribution is -0.136. The molecule has 0 bridgehead atoms. The first-order chi connectivity index (χ1) is 16.8. The maximum atomic E-state index is 12.8. The quantitative estimate of drug-likeness (QED) is 0.596. The van der Waals surface area contributed by atoms with Crippen molar-refractivity contribution in [2.45, 2.75) is 56.7 Å². The Morgan fingerprint density at radius 3 is 2.83 bits per heavy atom. The van der Waals surface area contributed by atoms with Gasteiger partial charge in [0.1, 0.15) is 0 Å². The van der Waals surface area contributed by atoms with E-state index in [-0.39, 0.29) is 30.0 Å². The minimum atomic E-state index is -1.04. The van der Waals surface area contributed by atoms with Crippen LogP contribution in [0.1, 0.15) is 49.8 Å². The van der Waals surface area contributed by atoms with Crippen molar-refractivity contribution in [2.75, 3.05) is 32.7 Å². The van der Waals surface area contributed by atoms with E-state index in [9.17, 15) is 14.7 Å². The molecule has 8 nitrogen and oxygen atoms in total. The Hall–Kier alpha value is -2.99. The smallest absolute Gasteiger partial charge is 0.253 e. The molecule has 4 rings (SSSR count). The SMILES string of the molecule is C[C@H](CC(=O)N1CCC(O)(Cn2cnc(/C=C/CN3CC[C@@H](N)C3)cc2=O)CC1)c1c#cccc1. The molecule has 1 amide bonds. The van der Waals surface area contributed by atoms with Gasteiger partial charge < -0.3 is 15.7 Å². The fourth-order valence-corrected chi connectivity index (χ4v) is 4.80. The van der Waals surface area contributed by atoms with E-state index in [1.807, 2.05) is 31.2 Å². The van der Waals surface area contributed by atoms with Crippen molar-refractivity contribution in [3.63, 3.8) is 0 Å². The Balaban J connectivity index is 1.27. The number of piperidine rings is 1. The highest BCUT2D eigenvalue weighted by Crippen LogP contribution is 2.26. The second kappa shape index (κ2) is 11.2. The molecule has 0 saturated carbocycles. The number of nitrogens with zero attached hydrogens (tertiary/aromatic N) is 4. The number of carbonyl (C=O) groups excluding carboxylic acids is 1. The van der Waals surface area contributed by atoms with Gasteiger partial charge in [-0.2, -0.15) is 0 Å². The molecular formula is C27H35N5O3. The number of hydrogen-bond donors (Lipinski definition) is 2. The van der Waals surface area contributed by atoms with Crippen LogP contribution < -0.4 is 11.3 Å². The van der Waals surface area contributed by atoms with Crippen LogP contribution in [-0.4, -0.2) is 74.7 Å². The summed E-state index contributed by atoms with van der Waals surface area (Å²) < 4.78 is 1.46. The van der Waals surface area contributed by atoms with Gasteiger partial charge in [0.25, 0.3) is 5.56 Å². The van der Waals surface area contributed by atoms with Crippen LogP contribution in [0.2, 0.25) is 0 Å². The zero-order valence-corrected chi connectivity index (χ0v) is 20.4. The van der Waals surface area contributed by atoms with Crippen LogP contribution in [0.5, 0.6) is 0 Å². The Morgan fingerprint density at radius 2 is 2.17 bits per heavy atom. The van der Waals surface area contributed by atoms with Crippen molar-refractivity contribution in [2.24, 2.45) is 5.73 Å². The lowest BCUT2D eigenvalue weighted by Crippen LogP contribution is -2.49. The molecule has 3 N–H and O–H groups in total. The maximum Gasteiger partial charge on any atom is 0.253 e. The van der Waals surface area contributed by atoms with E-state index in [4.69, 9.17) is 5.73 Å². The molecule has 3 heterocycles. The molecule has 2 fully saturated rings. The lowest BCUT2D eigenvalue weighted by Gasteiger charge is -2.38. The number of hydrogen-bond acceptors (Lipinski definition) is 6. The van der Waals surface area contributed by atoms with Gasteiger partial charge in [0, 0.05) is 56.8 Å². The zero-order valence-electron chi connectivity index (χ0n) is 20.4. The maximum absolute atomic E-state index is 12.8. The largest absolute Gasteiger partial charge is 0.388 e. The minimum absolute atomic E-state index is 0.0610. The summed E-state index contributed by atoms with van der Waals surface area (Å²) in [6.45, 7) is 5.79. The highest BCUT2D eigenvalue weighted by molar-refractivity contribution is 5.77. The number of amides is 1. The predicted octanol–water partition coefficient (Wildman–Crippen LogP) is 1.44. The predicted molar refractivity (Wildman–Crippen MR) is 134 cm³/mol. The lowest BCUT2D eigenvalue weighted by atomic mass is 9.90. The number of rotatable bonds is 8. The van der Waals surface area contributed by atoms with Crippen LogP contribution in [0.25, 0.3) is 6.08 Å². The zero-order chi connectivity index (χ0) is 24.8. The number of aromatic nitrogens is 2. The van der Waals surface area contributed by atoms with Gasteiger partial charge in [0.2, 0.25) is 5.91 Å². The number of likely N-dealkylation sites (tertiary alicyclic amines) is 2. The van der Waals surface area contributed by atoms with Crippen LogP contribution in [0.3, 0.4) is 0 Å². The topological polar surface area (TPSA) is 105 Å². The second-order valence-corrected chi connectivity index (χ2v) is 9.95. The molecule has 8 heteroatoms. The molecule has 2 aromatic rings. The van der Waals surface area contributed by atoms with Crippen molar-refractivity contribution in [1.82, 2.24) is 19.4 Å². The number of aliphatic hydroxyl groups is 1. The molecule has 0 spiro atoms. The molecule has 1 aromatic heterocycles. The Morgan fingerprint density at radius 1 is 1.37 bits per heavy atom. The summed E-state index contributed by atoms with van der Waals surface area (Å²) in [5.41, 5.74) is 6.27.